The third-order valence-electron chi connectivity index (χ3n) is 5.18. The van der Waals surface area contributed by atoms with Crippen molar-refractivity contribution < 1.29 is 13.2 Å². The van der Waals surface area contributed by atoms with Gasteiger partial charge >= 0.3 is 6.03 Å². The van der Waals surface area contributed by atoms with Crippen molar-refractivity contribution in [3.05, 3.63) is 24.3 Å². The lowest BCUT2D eigenvalue weighted by molar-refractivity contribution is 0.186. The maximum absolute atomic E-state index is 12.8. The van der Waals surface area contributed by atoms with Crippen LogP contribution in [0.1, 0.15) is 32.6 Å². The lowest BCUT2D eigenvalue weighted by atomic mass is 10.1. The van der Waals surface area contributed by atoms with Crippen LogP contribution >= 0.6 is 0 Å². The van der Waals surface area contributed by atoms with E-state index in [0.717, 1.165) is 38.8 Å². The molecule has 2 bridgehead atoms. The number of nitrogens with zero attached hydrogens (tertiary/aromatic N) is 2. The highest BCUT2D eigenvalue weighted by atomic mass is 32.2. The maximum atomic E-state index is 12.8. The van der Waals surface area contributed by atoms with Crippen LogP contribution in [-0.2, 0) is 10.0 Å². The van der Waals surface area contributed by atoms with Crippen LogP contribution in [0.4, 0.5) is 10.5 Å². The first-order valence-electron chi connectivity index (χ1n) is 9.28. The molecule has 3 rings (SSSR count). The van der Waals surface area contributed by atoms with Crippen molar-refractivity contribution in [2.24, 2.45) is 0 Å². The fourth-order valence-corrected chi connectivity index (χ4v) is 4.93. The zero-order chi connectivity index (χ0) is 18.7. The molecule has 8 heteroatoms. The van der Waals surface area contributed by atoms with E-state index in [1.54, 1.807) is 12.1 Å². The van der Waals surface area contributed by atoms with Crippen molar-refractivity contribution in [2.45, 2.75) is 49.6 Å². The molecule has 0 spiro atoms. The second-order valence-corrected chi connectivity index (χ2v) is 8.96. The number of hydrogen-bond donors (Lipinski definition) is 2. The van der Waals surface area contributed by atoms with Gasteiger partial charge in [-0.3, -0.25) is 0 Å². The fourth-order valence-electron chi connectivity index (χ4n) is 3.80. The predicted octanol–water partition coefficient (Wildman–Crippen LogP) is 2.08. The molecule has 2 heterocycles. The van der Waals surface area contributed by atoms with E-state index in [0.29, 0.717) is 18.3 Å². The van der Waals surface area contributed by atoms with Gasteiger partial charge in [0.25, 0.3) is 0 Å². The molecule has 2 saturated heterocycles. The first kappa shape index (κ1) is 19.1. The van der Waals surface area contributed by atoms with E-state index in [4.69, 9.17) is 0 Å². The zero-order valence-corrected chi connectivity index (χ0v) is 16.3. The summed E-state index contributed by atoms with van der Waals surface area (Å²) in [6.07, 6.45) is 3.84. The van der Waals surface area contributed by atoms with Gasteiger partial charge in [-0.1, -0.05) is 6.92 Å². The van der Waals surface area contributed by atoms with Gasteiger partial charge in [-0.05, 0) is 63.5 Å². The van der Waals surface area contributed by atoms with E-state index in [1.807, 2.05) is 11.8 Å². The van der Waals surface area contributed by atoms with Crippen LogP contribution in [0.5, 0.6) is 0 Å². The Hall–Kier alpha value is -1.64. The molecule has 0 saturated carbocycles. The van der Waals surface area contributed by atoms with Crippen LogP contribution < -0.4 is 10.0 Å². The Kier molecular flexibility index (Phi) is 5.84. The Bertz CT molecular complexity index is 735. The second-order valence-electron chi connectivity index (χ2n) is 7.20. The minimum atomic E-state index is -3.49. The summed E-state index contributed by atoms with van der Waals surface area (Å²) in [5.41, 5.74) is 0.612. The predicted molar refractivity (Wildman–Crippen MR) is 102 cm³/mol. The highest BCUT2D eigenvalue weighted by Gasteiger charge is 2.39. The molecule has 2 amide bonds. The highest BCUT2D eigenvalue weighted by molar-refractivity contribution is 7.89. The molecular weight excluding hydrogens is 352 g/mol. The Morgan fingerprint density at radius 3 is 2.54 bits per heavy atom. The number of nitrogens with one attached hydrogen (secondary N) is 2. The molecule has 2 atom stereocenters. The number of hydrogen-bond acceptors (Lipinski definition) is 4. The summed E-state index contributed by atoms with van der Waals surface area (Å²) in [4.78, 5) is 17.3. The molecule has 2 fully saturated rings. The molecule has 2 aliphatic heterocycles. The number of likely N-dealkylation sites (tertiary alicyclic amines) is 1. The minimum absolute atomic E-state index is 0.0903. The number of anilines is 1. The normalized spacial score (nSPS) is 23.7. The first-order chi connectivity index (χ1) is 12.4. The molecular formula is C18H28N4O3S. The lowest BCUT2D eigenvalue weighted by Crippen LogP contribution is -2.45. The second kappa shape index (κ2) is 7.94. The van der Waals surface area contributed by atoms with Crippen molar-refractivity contribution in [2.75, 3.05) is 32.0 Å². The number of sulfonamides is 1. The number of benzene rings is 1. The van der Waals surface area contributed by atoms with Gasteiger partial charge < -0.3 is 15.1 Å². The average Bonchev–Trinajstić information content (AvgIpc) is 2.92. The van der Waals surface area contributed by atoms with Gasteiger partial charge in [0.15, 0.2) is 0 Å². The van der Waals surface area contributed by atoms with E-state index in [2.05, 4.69) is 22.0 Å². The summed E-state index contributed by atoms with van der Waals surface area (Å²) in [6.45, 7) is 4.24. The summed E-state index contributed by atoms with van der Waals surface area (Å²) in [5, 5.41) is 2.93. The van der Waals surface area contributed by atoms with E-state index >= 15 is 0 Å². The number of amides is 2. The van der Waals surface area contributed by atoms with E-state index in [9.17, 15) is 13.2 Å². The highest BCUT2D eigenvalue weighted by Crippen LogP contribution is 2.30. The largest absolute Gasteiger partial charge is 0.322 e. The van der Waals surface area contributed by atoms with Crippen molar-refractivity contribution in [3.8, 4) is 0 Å². The fraction of sp³-hybridized carbons (Fsp3) is 0.611. The number of carbonyl (C=O) groups excluding carboxylic acids is 1. The number of urea groups is 1. The summed E-state index contributed by atoms with van der Waals surface area (Å²) in [6, 6.07) is 6.80. The van der Waals surface area contributed by atoms with E-state index in [-0.39, 0.29) is 17.0 Å². The molecule has 2 aliphatic rings. The molecule has 1 aromatic rings. The summed E-state index contributed by atoms with van der Waals surface area (Å²) < 4.78 is 26.8. The van der Waals surface area contributed by atoms with Crippen molar-refractivity contribution in [3.63, 3.8) is 0 Å². The topological polar surface area (TPSA) is 81.8 Å². The van der Waals surface area contributed by atoms with Crippen molar-refractivity contribution >= 4 is 21.7 Å². The van der Waals surface area contributed by atoms with E-state index in [1.165, 1.54) is 12.1 Å². The van der Waals surface area contributed by atoms with Gasteiger partial charge in [0.2, 0.25) is 10.0 Å². The lowest BCUT2D eigenvalue weighted by Gasteiger charge is -2.28. The number of rotatable bonds is 5. The van der Waals surface area contributed by atoms with Gasteiger partial charge in [-0.15, -0.1) is 0 Å². The molecule has 2 N–H and O–H groups in total. The Balaban J connectivity index is 1.66. The zero-order valence-electron chi connectivity index (χ0n) is 15.4. The average molecular weight is 381 g/mol. The molecule has 0 aromatic heterocycles. The standard InChI is InChI=1S/C18H28N4O3S/c1-3-11-19-26(24,25)17-8-4-14(5-9-17)20-18(23)22-15-6-7-16(22)13-21(2)12-10-15/h4-5,8-9,15-16,19H,3,6-7,10-13H2,1-2H3,(H,20,23)/t15-,16+/m1/s1. The SMILES string of the molecule is CCCNS(=O)(=O)c1ccc(NC(=O)N2[C@@H]3CC[C@H]2CN(C)CC3)cc1. The Morgan fingerprint density at radius 2 is 1.85 bits per heavy atom. The Labute approximate surface area is 155 Å². The molecule has 144 valence electrons. The van der Waals surface area contributed by atoms with Crippen molar-refractivity contribution in [1.82, 2.24) is 14.5 Å². The van der Waals surface area contributed by atoms with Gasteiger partial charge in [-0.2, -0.15) is 0 Å². The summed E-state index contributed by atoms with van der Waals surface area (Å²) >= 11 is 0. The quantitative estimate of drug-likeness (QED) is 0.819. The third kappa shape index (κ3) is 4.19. The van der Waals surface area contributed by atoms with Crippen LogP contribution in [0.3, 0.4) is 0 Å². The molecule has 0 unspecified atom stereocenters. The van der Waals surface area contributed by atoms with Gasteiger partial charge in [0.05, 0.1) is 4.90 Å². The first-order valence-corrected chi connectivity index (χ1v) is 10.8. The van der Waals surface area contributed by atoms with Crippen LogP contribution in [0.15, 0.2) is 29.2 Å². The third-order valence-corrected chi connectivity index (χ3v) is 6.66. The van der Waals surface area contributed by atoms with Crippen LogP contribution in [0.2, 0.25) is 0 Å². The number of fused-ring (bicyclic) bond motifs is 2. The van der Waals surface area contributed by atoms with Crippen LogP contribution in [0, 0.1) is 0 Å². The minimum Gasteiger partial charge on any atom is -0.317 e. The number of carbonyl (C=O) groups is 1. The van der Waals surface area contributed by atoms with Crippen LogP contribution in [-0.4, -0.2) is 63.0 Å². The Morgan fingerprint density at radius 1 is 1.15 bits per heavy atom. The van der Waals surface area contributed by atoms with E-state index < -0.39 is 10.0 Å². The molecule has 0 radical (unpaired) electrons. The monoisotopic (exact) mass is 380 g/mol. The van der Waals surface area contributed by atoms with Crippen molar-refractivity contribution in [1.29, 1.82) is 0 Å². The molecule has 7 nitrogen and oxygen atoms in total. The number of likely N-dealkylation sites (N-methyl/N-ethyl adjacent to an activating group) is 1. The summed E-state index contributed by atoms with van der Waals surface area (Å²) in [7, 11) is -1.39. The maximum Gasteiger partial charge on any atom is 0.322 e. The molecule has 1 aromatic carbocycles. The molecule has 0 aliphatic carbocycles. The van der Waals surface area contributed by atoms with Crippen LogP contribution in [0.25, 0.3) is 0 Å². The summed E-state index contributed by atoms with van der Waals surface area (Å²) in [5.74, 6) is 0. The van der Waals surface area contributed by atoms with Gasteiger partial charge in [-0.25, -0.2) is 17.9 Å². The smallest absolute Gasteiger partial charge is 0.317 e. The van der Waals surface area contributed by atoms with Gasteiger partial charge in [0.1, 0.15) is 0 Å². The van der Waals surface area contributed by atoms with Gasteiger partial charge in [0, 0.05) is 30.9 Å². The molecule has 26 heavy (non-hydrogen) atoms.